The maximum Gasteiger partial charge on any atom is 0.276 e. The molecule has 0 spiro atoms. The third-order valence-corrected chi connectivity index (χ3v) is 3.80. The van der Waals surface area contributed by atoms with Gasteiger partial charge in [-0.2, -0.15) is 0 Å². The molecule has 7 nitrogen and oxygen atoms in total. The van der Waals surface area contributed by atoms with E-state index in [-0.39, 0.29) is 11.6 Å². The molecule has 3 aromatic rings. The standard InChI is InChI=1S/C18H16ClN5O2/c1-26-16-6-4-13(9-14(16)19)22-18(25)15-5-7-17(24-23-15)21-11-12-3-2-8-20-10-12/h2-10H,11H2,1H3,(H,21,24)(H,22,25). The van der Waals surface area contributed by atoms with Crippen LogP contribution < -0.4 is 15.4 Å². The van der Waals surface area contributed by atoms with Crippen molar-refractivity contribution >= 4 is 29.0 Å². The molecule has 0 saturated carbocycles. The van der Waals surface area contributed by atoms with Crippen LogP contribution >= 0.6 is 11.6 Å². The third kappa shape index (κ3) is 4.46. The number of carbonyl (C=O) groups is 1. The van der Waals surface area contributed by atoms with Crippen LogP contribution in [0.1, 0.15) is 16.1 Å². The van der Waals surface area contributed by atoms with E-state index in [1.165, 1.54) is 7.11 Å². The number of ether oxygens (including phenoxy) is 1. The van der Waals surface area contributed by atoms with Crippen LogP contribution in [0.15, 0.2) is 54.9 Å². The van der Waals surface area contributed by atoms with E-state index in [1.54, 1.807) is 42.7 Å². The summed E-state index contributed by atoms with van der Waals surface area (Å²) in [5.74, 6) is 0.726. The number of benzene rings is 1. The Labute approximate surface area is 155 Å². The van der Waals surface area contributed by atoms with E-state index in [9.17, 15) is 4.79 Å². The molecule has 26 heavy (non-hydrogen) atoms. The maximum absolute atomic E-state index is 12.3. The van der Waals surface area contributed by atoms with E-state index < -0.39 is 0 Å². The lowest BCUT2D eigenvalue weighted by atomic mass is 10.2. The van der Waals surface area contributed by atoms with Gasteiger partial charge in [0.1, 0.15) is 11.6 Å². The van der Waals surface area contributed by atoms with Crippen molar-refractivity contribution in [3.63, 3.8) is 0 Å². The molecule has 0 aliphatic heterocycles. The van der Waals surface area contributed by atoms with E-state index >= 15 is 0 Å². The Morgan fingerprint density at radius 2 is 2.08 bits per heavy atom. The van der Waals surface area contributed by atoms with Gasteiger partial charge in [0.2, 0.25) is 0 Å². The molecule has 3 rings (SSSR count). The summed E-state index contributed by atoms with van der Waals surface area (Å²) in [4.78, 5) is 16.3. The van der Waals surface area contributed by atoms with Crippen LogP contribution in [0.25, 0.3) is 0 Å². The zero-order chi connectivity index (χ0) is 18.4. The van der Waals surface area contributed by atoms with Crippen molar-refractivity contribution in [2.75, 3.05) is 17.7 Å². The average Bonchev–Trinajstić information content (AvgIpc) is 2.68. The van der Waals surface area contributed by atoms with Gasteiger partial charge < -0.3 is 15.4 Å². The van der Waals surface area contributed by atoms with Crippen LogP contribution in [0.3, 0.4) is 0 Å². The number of nitrogens with one attached hydrogen (secondary N) is 2. The maximum atomic E-state index is 12.3. The minimum atomic E-state index is -0.377. The summed E-state index contributed by atoms with van der Waals surface area (Å²) in [6.07, 6.45) is 3.48. The zero-order valence-corrected chi connectivity index (χ0v) is 14.7. The second kappa shape index (κ2) is 8.26. The molecule has 2 N–H and O–H groups in total. The first kappa shape index (κ1) is 17.6. The minimum absolute atomic E-state index is 0.198. The molecule has 0 radical (unpaired) electrons. The van der Waals surface area contributed by atoms with E-state index in [2.05, 4.69) is 25.8 Å². The number of aromatic nitrogens is 3. The smallest absolute Gasteiger partial charge is 0.276 e. The van der Waals surface area contributed by atoms with Crippen molar-refractivity contribution in [1.82, 2.24) is 15.2 Å². The monoisotopic (exact) mass is 369 g/mol. The molecule has 2 aromatic heterocycles. The van der Waals surface area contributed by atoms with Gasteiger partial charge in [-0.05, 0) is 42.0 Å². The lowest BCUT2D eigenvalue weighted by molar-refractivity contribution is 0.102. The Balaban J connectivity index is 1.60. The van der Waals surface area contributed by atoms with Crippen molar-refractivity contribution in [3.05, 3.63) is 71.1 Å². The molecule has 8 heteroatoms. The van der Waals surface area contributed by atoms with Gasteiger partial charge in [0, 0.05) is 24.6 Å². The van der Waals surface area contributed by atoms with E-state index in [0.29, 0.717) is 28.8 Å². The van der Waals surface area contributed by atoms with E-state index in [1.807, 2.05) is 12.1 Å². The first-order valence-corrected chi connectivity index (χ1v) is 8.15. The summed E-state index contributed by atoms with van der Waals surface area (Å²) in [6.45, 7) is 0.568. The van der Waals surface area contributed by atoms with Crippen molar-refractivity contribution in [2.24, 2.45) is 0 Å². The van der Waals surface area contributed by atoms with Crippen molar-refractivity contribution < 1.29 is 9.53 Å². The van der Waals surface area contributed by atoms with Crippen LogP contribution in [0.2, 0.25) is 5.02 Å². The second-order valence-electron chi connectivity index (χ2n) is 5.32. The number of anilines is 2. The number of methoxy groups -OCH3 is 1. The Morgan fingerprint density at radius 3 is 2.73 bits per heavy atom. The SMILES string of the molecule is COc1ccc(NC(=O)c2ccc(NCc3cccnc3)nn2)cc1Cl. The summed E-state index contributed by atoms with van der Waals surface area (Å²) in [7, 11) is 1.53. The van der Waals surface area contributed by atoms with Gasteiger partial charge in [0.25, 0.3) is 5.91 Å². The number of hydrogen-bond donors (Lipinski definition) is 2. The topological polar surface area (TPSA) is 89.0 Å². The Morgan fingerprint density at radius 1 is 1.19 bits per heavy atom. The number of carbonyl (C=O) groups excluding carboxylic acids is 1. The lowest BCUT2D eigenvalue weighted by Crippen LogP contribution is -2.15. The lowest BCUT2D eigenvalue weighted by Gasteiger charge is -2.08. The highest BCUT2D eigenvalue weighted by atomic mass is 35.5. The molecule has 0 bridgehead atoms. The summed E-state index contributed by atoms with van der Waals surface area (Å²) in [6, 6.07) is 12.1. The largest absolute Gasteiger partial charge is 0.495 e. The normalized spacial score (nSPS) is 10.2. The minimum Gasteiger partial charge on any atom is -0.495 e. The summed E-state index contributed by atoms with van der Waals surface area (Å²) >= 11 is 6.05. The molecule has 0 saturated heterocycles. The molecule has 0 atom stereocenters. The van der Waals surface area contributed by atoms with Gasteiger partial charge in [-0.3, -0.25) is 9.78 Å². The summed E-state index contributed by atoms with van der Waals surface area (Å²) in [5, 5.41) is 14.2. The number of nitrogens with zero attached hydrogens (tertiary/aromatic N) is 3. The van der Waals surface area contributed by atoms with Crippen LogP contribution in [-0.4, -0.2) is 28.2 Å². The Kier molecular flexibility index (Phi) is 5.60. The van der Waals surface area contributed by atoms with Crippen molar-refractivity contribution in [1.29, 1.82) is 0 Å². The number of hydrogen-bond acceptors (Lipinski definition) is 6. The van der Waals surface area contributed by atoms with Crippen LogP contribution in [0.5, 0.6) is 5.75 Å². The van der Waals surface area contributed by atoms with Gasteiger partial charge in [0.15, 0.2) is 5.69 Å². The molecule has 132 valence electrons. The van der Waals surface area contributed by atoms with Gasteiger partial charge in [-0.1, -0.05) is 17.7 Å². The molecule has 0 unspecified atom stereocenters. The molecule has 0 fully saturated rings. The Hall–Kier alpha value is -3.19. The highest BCUT2D eigenvalue weighted by molar-refractivity contribution is 6.32. The number of halogens is 1. The summed E-state index contributed by atoms with van der Waals surface area (Å²) < 4.78 is 5.08. The second-order valence-corrected chi connectivity index (χ2v) is 5.73. The van der Waals surface area contributed by atoms with E-state index in [0.717, 1.165) is 5.56 Å². The van der Waals surface area contributed by atoms with Gasteiger partial charge in [0.05, 0.1) is 12.1 Å². The highest BCUT2D eigenvalue weighted by Gasteiger charge is 2.10. The highest BCUT2D eigenvalue weighted by Crippen LogP contribution is 2.27. The molecular weight excluding hydrogens is 354 g/mol. The molecule has 1 amide bonds. The predicted molar refractivity (Wildman–Crippen MR) is 99.6 cm³/mol. The Bertz CT molecular complexity index is 888. The van der Waals surface area contributed by atoms with Crippen LogP contribution in [0, 0.1) is 0 Å². The number of amides is 1. The third-order valence-electron chi connectivity index (χ3n) is 3.50. The molecule has 0 aliphatic rings. The van der Waals surface area contributed by atoms with Crippen molar-refractivity contribution in [3.8, 4) is 5.75 Å². The quantitative estimate of drug-likeness (QED) is 0.692. The van der Waals surface area contributed by atoms with Crippen LogP contribution in [0.4, 0.5) is 11.5 Å². The van der Waals surface area contributed by atoms with Gasteiger partial charge in [-0.25, -0.2) is 0 Å². The average molecular weight is 370 g/mol. The first-order valence-electron chi connectivity index (χ1n) is 7.77. The number of rotatable bonds is 6. The predicted octanol–water partition coefficient (Wildman–Crippen LogP) is 3.40. The molecular formula is C18H16ClN5O2. The fourth-order valence-electron chi connectivity index (χ4n) is 2.18. The molecule has 2 heterocycles. The van der Waals surface area contributed by atoms with Crippen molar-refractivity contribution in [2.45, 2.75) is 6.54 Å². The van der Waals surface area contributed by atoms with Crippen LogP contribution in [-0.2, 0) is 6.54 Å². The van der Waals surface area contributed by atoms with Gasteiger partial charge >= 0.3 is 0 Å². The first-order chi connectivity index (χ1) is 12.7. The van der Waals surface area contributed by atoms with E-state index in [4.69, 9.17) is 16.3 Å². The molecule has 0 aliphatic carbocycles. The number of pyridine rings is 1. The fraction of sp³-hybridized carbons (Fsp3) is 0.111. The molecule has 1 aromatic carbocycles. The zero-order valence-electron chi connectivity index (χ0n) is 13.9. The van der Waals surface area contributed by atoms with Gasteiger partial charge in [-0.15, -0.1) is 10.2 Å². The summed E-state index contributed by atoms with van der Waals surface area (Å²) in [5.41, 5.74) is 1.76. The fourth-order valence-corrected chi connectivity index (χ4v) is 2.44.